The molecule has 0 spiro atoms. The van der Waals surface area contributed by atoms with Gasteiger partial charge in [-0.2, -0.15) is 11.8 Å². The topological polar surface area (TPSA) is 29.1 Å². The Morgan fingerprint density at radius 3 is 2.87 bits per heavy atom. The minimum Gasteiger partial charge on any atom is -0.325 e. The Bertz CT molecular complexity index is 354. The molecule has 0 heterocycles. The SMILES string of the molecule is CSCCC(=O)Nc1ccc(C)cc1Cl. The molecule has 0 aliphatic heterocycles. The van der Waals surface area contributed by atoms with E-state index < -0.39 is 0 Å². The van der Waals surface area contributed by atoms with Crippen molar-refractivity contribution in [2.45, 2.75) is 13.3 Å². The van der Waals surface area contributed by atoms with Crippen LogP contribution >= 0.6 is 23.4 Å². The first-order chi connectivity index (χ1) is 7.13. The fraction of sp³-hybridized carbons (Fsp3) is 0.364. The van der Waals surface area contributed by atoms with Crippen LogP contribution in [0.3, 0.4) is 0 Å². The normalized spacial score (nSPS) is 10.1. The summed E-state index contributed by atoms with van der Waals surface area (Å²) in [6.45, 7) is 1.96. The number of hydrogen-bond donors (Lipinski definition) is 1. The van der Waals surface area contributed by atoms with Gasteiger partial charge in [-0.1, -0.05) is 17.7 Å². The third-order valence-corrected chi connectivity index (χ3v) is 2.86. The molecule has 0 fully saturated rings. The molecule has 0 saturated heterocycles. The second-order valence-corrected chi connectivity index (χ2v) is 4.67. The first-order valence-electron chi connectivity index (χ1n) is 4.68. The van der Waals surface area contributed by atoms with Gasteiger partial charge < -0.3 is 5.32 Å². The van der Waals surface area contributed by atoms with Gasteiger partial charge in [0, 0.05) is 12.2 Å². The van der Waals surface area contributed by atoms with Crippen molar-refractivity contribution >= 4 is 35.0 Å². The number of hydrogen-bond acceptors (Lipinski definition) is 2. The fourth-order valence-corrected chi connectivity index (χ4v) is 1.80. The van der Waals surface area contributed by atoms with E-state index in [0.29, 0.717) is 17.1 Å². The number of anilines is 1. The summed E-state index contributed by atoms with van der Waals surface area (Å²) in [7, 11) is 0. The number of aryl methyl sites for hydroxylation is 1. The van der Waals surface area contributed by atoms with E-state index in [4.69, 9.17) is 11.6 Å². The summed E-state index contributed by atoms with van der Waals surface area (Å²) in [6.07, 6.45) is 2.50. The van der Waals surface area contributed by atoms with Gasteiger partial charge in [-0.05, 0) is 30.9 Å². The van der Waals surface area contributed by atoms with Gasteiger partial charge >= 0.3 is 0 Å². The molecule has 1 aromatic carbocycles. The molecule has 0 radical (unpaired) electrons. The van der Waals surface area contributed by atoms with E-state index in [9.17, 15) is 4.79 Å². The minimum atomic E-state index is 0.00935. The lowest BCUT2D eigenvalue weighted by Crippen LogP contribution is -2.12. The van der Waals surface area contributed by atoms with Crippen molar-refractivity contribution in [2.24, 2.45) is 0 Å². The van der Waals surface area contributed by atoms with Crippen LogP contribution in [0.5, 0.6) is 0 Å². The van der Waals surface area contributed by atoms with Gasteiger partial charge in [0.05, 0.1) is 10.7 Å². The predicted octanol–water partition coefficient (Wildman–Crippen LogP) is 3.34. The number of halogens is 1. The van der Waals surface area contributed by atoms with Gasteiger partial charge in [-0.25, -0.2) is 0 Å². The quantitative estimate of drug-likeness (QED) is 0.879. The zero-order valence-corrected chi connectivity index (χ0v) is 10.4. The number of thioether (sulfide) groups is 1. The molecule has 0 bridgehead atoms. The molecule has 0 saturated carbocycles. The van der Waals surface area contributed by atoms with Crippen molar-refractivity contribution in [2.75, 3.05) is 17.3 Å². The van der Waals surface area contributed by atoms with Gasteiger partial charge in [0.2, 0.25) is 5.91 Å². The summed E-state index contributed by atoms with van der Waals surface area (Å²) < 4.78 is 0. The Morgan fingerprint density at radius 2 is 2.27 bits per heavy atom. The summed E-state index contributed by atoms with van der Waals surface area (Å²) in [5.74, 6) is 0.838. The van der Waals surface area contributed by atoms with Crippen molar-refractivity contribution in [3.8, 4) is 0 Å². The zero-order chi connectivity index (χ0) is 11.3. The van der Waals surface area contributed by atoms with Gasteiger partial charge in [-0.3, -0.25) is 4.79 Å². The maximum atomic E-state index is 11.4. The van der Waals surface area contributed by atoms with Crippen LogP contribution in [0.4, 0.5) is 5.69 Å². The van der Waals surface area contributed by atoms with E-state index in [1.165, 1.54) is 0 Å². The smallest absolute Gasteiger partial charge is 0.225 e. The highest BCUT2D eigenvalue weighted by molar-refractivity contribution is 7.98. The third kappa shape index (κ3) is 4.14. The van der Waals surface area contributed by atoms with Crippen LogP contribution in [-0.4, -0.2) is 17.9 Å². The number of rotatable bonds is 4. The molecule has 0 aliphatic carbocycles. The van der Waals surface area contributed by atoms with Crippen LogP contribution < -0.4 is 5.32 Å². The molecule has 0 unspecified atom stereocenters. The summed E-state index contributed by atoms with van der Waals surface area (Å²) >= 11 is 7.64. The summed E-state index contributed by atoms with van der Waals surface area (Å²) in [5.41, 5.74) is 1.77. The number of benzene rings is 1. The predicted molar refractivity (Wildman–Crippen MR) is 67.8 cm³/mol. The molecule has 1 aromatic rings. The second kappa shape index (κ2) is 6.03. The Balaban J connectivity index is 2.60. The number of nitrogens with one attached hydrogen (secondary N) is 1. The minimum absolute atomic E-state index is 0.00935. The lowest BCUT2D eigenvalue weighted by Gasteiger charge is -2.07. The van der Waals surface area contributed by atoms with E-state index in [-0.39, 0.29) is 5.91 Å². The number of carbonyl (C=O) groups is 1. The molecule has 82 valence electrons. The molecule has 1 N–H and O–H groups in total. The maximum absolute atomic E-state index is 11.4. The van der Waals surface area contributed by atoms with E-state index in [0.717, 1.165) is 11.3 Å². The molecule has 1 amide bonds. The van der Waals surface area contributed by atoms with E-state index >= 15 is 0 Å². The van der Waals surface area contributed by atoms with Crippen LogP contribution in [0.25, 0.3) is 0 Å². The lowest BCUT2D eigenvalue weighted by molar-refractivity contribution is -0.115. The Hall–Kier alpha value is -0.670. The van der Waals surface area contributed by atoms with Crippen molar-refractivity contribution in [3.05, 3.63) is 28.8 Å². The highest BCUT2D eigenvalue weighted by Crippen LogP contribution is 2.22. The van der Waals surface area contributed by atoms with Crippen molar-refractivity contribution in [1.82, 2.24) is 0 Å². The van der Waals surface area contributed by atoms with Gasteiger partial charge in [0.25, 0.3) is 0 Å². The highest BCUT2D eigenvalue weighted by Gasteiger charge is 2.05. The average molecular weight is 244 g/mol. The fourth-order valence-electron chi connectivity index (χ4n) is 1.13. The summed E-state index contributed by atoms with van der Waals surface area (Å²) in [5, 5.41) is 3.38. The van der Waals surface area contributed by atoms with E-state index in [2.05, 4.69) is 5.32 Å². The average Bonchev–Trinajstić information content (AvgIpc) is 2.19. The molecular weight excluding hydrogens is 230 g/mol. The van der Waals surface area contributed by atoms with Crippen LogP contribution in [0.1, 0.15) is 12.0 Å². The van der Waals surface area contributed by atoms with Gasteiger partial charge in [0.1, 0.15) is 0 Å². The van der Waals surface area contributed by atoms with Crippen LogP contribution in [0.15, 0.2) is 18.2 Å². The molecule has 0 atom stereocenters. The molecule has 15 heavy (non-hydrogen) atoms. The van der Waals surface area contributed by atoms with Crippen LogP contribution in [-0.2, 0) is 4.79 Å². The maximum Gasteiger partial charge on any atom is 0.225 e. The molecule has 0 aromatic heterocycles. The van der Waals surface area contributed by atoms with Gasteiger partial charge in [-0.15, -0.1) is 0 Å². The van der Waals surface area contributed by atoms with Crippen molar-refractivity contribution < 1.29 is 4.79 Å². The Kier molecular flexibility index (Phi) is 4.99. The zero-order valence-electron chi connectivity index (χ0n) is 8.84. The third-order valence-electron chi connectivity index (χ3n) is 1.93. The second-order valence-electron chi connectivity index (χ2n) is 3.27. The first kappa shape index (κ1) is 12.4. The first-order valence-corrected chi connectivity index (χ1v) is 6.45. The Morgan fingerprint density at radius 1 is 1.53 bits per heavy atom. The molecule has 1 rings (SSSR count). The molecule has 0 aliphatic rings. The molecule has 4 heteroatoms. The highest BCUT2D eigenvalue weighted by atomic mass is 35.5. The largest absolute Gasteiger partial charge is 0.325 e. The summed E-state index contributed by atoms with van der Waals surface area (Å²) in [6, 6.07) is 5.59. The van der Waals surface area contributed by atoms with Crippen molar-refractivity contribution in [3.63, 3.8) is 0 Å². The molecular formula is C11H14ClNOS. The number of amides is 1. The summed E-state index contributed by atoms with van der Waals surface area (Å²) in [4.78, 5) is 11.4. The van der Waals surface area contributed by atoms with Crippen LogP contribution in [0.2, 0.25) is 5.02 Å². The molecule has 2 nitrogen and oxygen atoms in total. The van der Waals surface area contributed by atoms with E-state index in [1.54, 1.807) is 11.8 Å². The monoisotopic (exact) mass is 243 g/mol. The van der Waals surface area contributed by atoms with E-state index in [1.807, 2.05) is 31.4 Å². The number of carbonyl (C=O) groups excluding carboxylic acids is 1. The van der Waals surface area contributed by atoms with Gasteiger partial charge in [0.15, 0.2) is 0 Å². The standard InChI is InChI=1S/C11H14ClNOS/c1-8-3-4-10(9(12)7-8)13-11(14)5-6-15-2/h3-4,7H,5-6H2,1-2H3,(H,13,14). The van der Waals surface area contributed by atoms with Crippen molar-refractivity contribution in [1.29, 1.82) is 0 Å². The van der Waals surface area contributed by atoms with Crippen LogP contribution in [0, 0.1) is 6.92 Å². The lowest BCUT2D eigenvalue weighted by atomic mass is 10.2. The Labute approximate surface area is 99.4 Å².